The summed E-state index contributed by atoms with van der Waals surface area (Å²) in [5.41, 5.74) is 0.471. The standard InChI is InChI=1S/C24H33FO5/c1-15-4-9-20-16(2)21(11-13-26-14-17-5-7-18(25)8-6-17)27-22-24(20)19(15)10-12-23(3,28-22)29-30-24/h5-8,15-16,19-22H,4,9-14H2,1-3H3/t15-,16-,19+,20+,21-,22-,23?,24-/m1/s1. The van der Waals surface area contributed by atoms with Crippen LogP contribution in [0.2, 0.25) is 0 Å². The molecule has 0 amide bonds. The molecule has 1 aromatic rings. The van der Waals surface area contributed by atoms with Crippen molar-refractivity contribution in [3.63, 3.8) is 0 Å². The fraction of sp³-hybridized carbons (Fsp3) is 0.750. The van der Waals surface area contributed by atoms with Gasteiger partial charge in [0, 0.05) is 18.9 Å². The Balaban J connectivity index is 1.27. The Morgan fingerprint density at radius 2 is 1.87 bits per heavy atom. The minimum absolute atomic E-state index is 0.0550. The molecule has 1 spiro atoms. The van der Waals surface area contributed by atoms with Crippen molar-refractivity contribution in [1.82, 2.24) is 0 Å². The van der Waals surface area contributed by atoms with Crippen LogP contribution in [0, 0.1) is 29.5 Å². The number of hydrogen-bond donors (Lipinski definition) is 0. The van der Waals surface area contributed by atoms with Gasteiger partial charge >= 0.3 is 0 Å². The van der Waals surface area contributed by atoms with E-state index in [4.69, 9.17) is 24.0 Å². The van der Waals surface area contributed by atoms with Crippen LogP contribution >= 0.6 is 0 Å². The van der Waals surface area contributed by atoms with E-state index >= 15 is 0 Å². The SMILES string of the molecule is C[C@H]1[C@@H](CCOCc2ccc(F)cc2)O[C@@H]2OC3(C)CC[C@H]4[C@H](C)CC[C@@H]1[C@@]24OO3. The van der Waals surface area contributed by atoms with Crippen molar-refractivity contribution >= 4 is 0 Å². The molecule has 30 heavy (non-hydrogen) atoms. The summed E-state index contributed by atoms with van der Waals surface area (Å²) in [5.74, 6) is 0.686. The first-order valence-electron chi connectivity index (χ1n) is 11.4. The Kier molecular flexibility index (Phi) is 5.43. The molecule has 1 saturated carbocycles. The number of benzene rings is 1. The maximum absolute atomic E-state index is 13.1. The third-order valence-electron chi connectivity index (χ3n) is 8.02. The van der Waals surface area contributed by atoms with Gasteiger partial charge < -0.3 is 14.2 Å². The second-order valence-electron chi connectivity index (χ2n) is 9.91. The second kappa shape index (κ2) is 7.82. The molecule has 5 fully saturated rings. The molecule has 6 heteroatoms. The molecule has 166 valence electrons. The summed E-state index contributed by atoms with van der Waals surface area (Å²) in [4.78, 5) is 12.1. The van der Waals surface area contributed by atoms with Crippen LogP contribution in [0.15, 0.2) is 24.3 Å². The Labute approximate surface area is 178 Å². The molecule has 1 aliphatic carbocycles. The highest BCUT2D eigenvalue weighted by Gasteiger charge is 2.69. The first-order valence-corrected chi connectivity index (χ1v) is 11.4. The zero-order chi connectivity index (χ0) is 20.9. The summed E-state index contributed by atoms with van der Waals surface area (Å²) in [6.07, 6.45) is 4.65. The molecule has 6 rings (SSSR count). The van der Waals surface area contributed by atoms with Gasteiger partial charge in [-0.05, 0) is 68.1 Å². The molecule has 4 heterocycles. The van der Waals surface area contributed by atoms with Crippen LogP contribution < -0.4 is 0 Å². The first kappa shape index (κ1) is 20.8. The summed E-state index contributed by atoms with van der Waals surface area (Å²) in [5, 5.41) is 0. The van der Waals surface area contributed by atoms with E-state index in [1.165, 1.54) is 18.6 Å². The summed E-state index contributed by atoms with van der Waals surface area (Å²) in [6, 6.07) is 6.45. The molecule has 1 unspecified atom stereocenters. The highest BCUT2D eigenvalue weighted by Crippen LogP contribution is 2.60. The van der Waals surface area contributed by atoms with Crippen molar-refractivity contribution in [2.45, 2.75) is 83.3 Å². The van der Waals surface area contributed by atoms with Gasteiger partial charge in [0.2, 0.25) is 5.79 Å². The summed E-state index contributed by atoms with van der Waals surface area (Å²) >= 11 is 0. The zero-order valence-corrected chi connectivity index (χ0v) is 18.1. The average Bonchev–Trinajstić information content (AvgIpc) is 2.96. The zero-order valence-electron chi connectivity index (χ0n) is 18.1. The Bertz CT molecular complexity index is 756. The van der Waals surface area contributed by atoms with Gasteiger partial charge in [-0.3, -0.25) is 0 Å². The van der Waals surface area contributed by atoms with Gasteiger partial charge in [-0.25, -0.2) is 14.2 Å². The van der Waals surface area contributed by atoms with E-state index in [0.29, 0.717) is 36.9 Å². The van der Waals surface area contributed by atoms with Crippen molar-refractivity contribution in [2.24, 2.45) is 23.7 Å². The van der Waals surface area contributed by atoms with E-state index < -0.39 is 17.7 Å². The number of halogens is 1. The number of rotatable bonds is 5. The van der Waals surface area contributed by atoms with Gasteiger partial charge in [0.05, 0.1) is 12.7 Å². The molecule has 1 aromatic carbocycles. The van der Waals surface area contributed by atoms with Gasteiger partial charge in [0.15, 0.2) is 11.9 Å². The molecule has 4 saturated heterocycles. The first-order chi connectivity index (χ1) is 14.4. The molecule has 2 bridgehead atoms. The Hall–Kier alpha value is -1.05. The van der Waals surface area contributed by atoms with E-state index in [0.717, 1.165) is 31.2 Å². The van der Waals surface area contributed by atoms with Crippen molar-refractivity contribution in [3.8, 4) is 0 Å². The van der Waals surface area contributed by atoms with Gasteiger partial charge in [-0.15, -0.1) is 0 Å². The van der Waals surface area contributed by atoms with Crippen LogP contribution in [-0.4, -0.2) is 30.4 Å². The van der Waals surface area contributed by atoms with E-state index in [9.17, 15) is 4.39 Å². The molecule has 8 atom stereocenters. The van der Waals surface area contributed by atoms with Crippen LogP contribution in [0.3, 0.4) is 0 Å². The lowest BCUT2D eigenvalue weighted by molar-refractivity contribution is -0.571. The lowest BCUT2D eigenvalue weighted by atomic mass is 9.57. The van der Waals surface area contributed by atoms with E-state index in [1.54, 1.807) is 12.1 Å². The van der Waals surface area contributed by atoms with E-state index in [-0.39, 0.29) is 11.9 Å². The average molecular weight is 421 g/mol. The van der Waals surface area contributed by atoms with Gasteiger partial charge in [0.25, 0.3) is 0 Å². The molecule has 0 N–H and O–H groups in total. The van der Waals surface area contributed by atoms with E-state index in [2.05, 4.69) is 13.8 Å². The molecule has 4 aliphatic heterocycles. The quantitative estimate of drug-likeness (QED) is 0.496. The van der Waals surface area contributed by atoms with Crippen LogP contribution in [-0.2, 0) is 30.6 Å². The second-order valence-corrected chi connectivity index (χ2v) is 9.91. The van der Waals surface area contributed by atoms with Gasteiger partial charge in [-0.2, -0.15) is 0 Å². The minimum Gasteiger partial charge on any atom is -0.377 e. The van der Waals surface area contributed by atoms with Crippen LogP contribution in [0.4, 0.5) is 4.39 Å². The predicted octanol–water partition coefficient (Wildman–Crippen LogP) is 4.98. The molecule has 0 aromatic heterocycles. The molecular formula is C24H33FO5. The van der Waals surface area contributed by atoms with E-state index in [1.807, 2.05) is 6.92 Å². The molecule has 0 radical (unpaired) electrons. The predicted molar refractivity (Wildman–Crippen MR) is 108 cm³/mol. The summed E-state index contributed by atoms with van der Waals surface area (Å²) in [6.45, 7) is 7.63. The largest absolute Gasteiger partial charge is 0.377 e. The number of ether oxygens (including phenoxy) is 3. The smallest absolute Gasteiger partial charge is 0.201 e. The van der Waals surface area contributed by atoms with Crippen LogP contribution in [0.5, 0.6) is 0 Å². The van der Waals surface area contributed by atoms with Gasteiger partial charge in [-0.1, -0.05) is 26.0 Å². The number of hydrogen-bond acceptors (Lipinski definition) is 5. The van der Waals surface area contributed by atoms with Crippen LogP contribution in [0.1, 0.15) is 58.4 Å². The van der Waals surface area contributed by atoms with Crippen molar-refractivity contribution < 1.29 is 28.4 Å². The third kappa shape index (κ3) is 3.41. The fourth-order valence-electron chi connectivity index (χ4n) is 6.28. The molecule has 5 nitrogen and oxygen atoms in total. The molecular weight excluding hydrogens is 387 g/mol. The lowest BCUT2D eigenvalue weighted by Crippen LogP contribution is -2.70. The monoisotopic (exact) mass is 420 g/mol. The highest BCUT2D eigenvalue weighted by molar-refractivity contribution is 5.15. The topological polar surface area (TPSA) is 46.2 Å². The maximum Gasteiger partial charge on any atom is 0.201 e. The van der Waals surface area contributed by atoms with Gasteiger partial charge in [0.1, 0.15) is 5.82 Å². The normalized spacial score (nSPS) is 45.1. The lowest BCUT2D eigenvalue weighted by Gasteiger charge is -2.60. The minimum atomic E-state index is -0.734. The molecule has 5 aliphatic rings. The van der Waals surface area contributed by atoms with Crippen molar-refractivity contribution in [3.05, 3.63) is 35.6 Å². The maximum atomic E-state index is 13.1. The summed E-state index contributed by atoms with van der Waals surface area (Å²) < 4.78 is 31.9. The Morgan fingerprint density at radius 3 is 2.67 bits per heavy atom. The van der Waals surface area contributed by atoms with Crippen molar-refractivity contribution in [2.75, 3.05) is 6.61 Å². The van der Waals surface area contributed by atoms with Crippen LogP contribution in [0.25, 0.3) is 0 Å². The van der Waals surface area contributed by atoms with Crippen molar-refractivity contribution in [1.29, 1.82) is 0 Å². The number of fused-ring (bicyclic) bond motifs is 2. The highest BCUT2D eigenvalue weighted by atomic mass is 19.1. The Morgan fingerprint density at radius 1 is 1.07 bits per heavy atom. The summed E-state index contributed by atoms with van der Waals surface area (Å²) in [7, 11) is 0. The fourth-order valence-corrected chi connectivity index (χ4v) is 6.28. The third-order valence-corrected chi connectivity index (χ3v) is 8.02.